The summed E-state index contributed by atoms with van der Waals surface area (Å²) in [7, 11) is 0. The van der Waals surface area contributed by atoms with Crippen molar-refractivity contribution in [1.29, 1.82) is 10.5 Å². The van der Waals surface area contributed by atoms with Gasteiger partial charge in [0.05, 0.1) is 12.1 Å². The molecule has 0 unspecified atom stereocenters. The van der Waals surface area contributed by atoms with Crippen molar-refractivity contribution in [3.63, 3.8) is 0 Å². The van der Waals surface area contributed by atoms with Gasteiger partial charge in [-0.1, -0.05) is 35.3 Å². The fourth-order valence-electron chi connectivity index (χ4n) is 1.50. The van der Waals surface area contributed by atoms with E-state index in [4.69, 9.17) is 33.7 Å². The van der Waals surface area contributed by atoms with Crippen LogP contribution in [0.4, 0.5) is 0 Å². The molecule has 0 aliphatic rings. The van der Waals surface area contributed by atoms with Crippen molar-refractivity contribution in [2.24, 2.45) is 5.41 Å². The fraction of sp³-hybridized carbons (Fsp3) is 0.231. The smallest absolute Gasteiger partial charge is 0.151 e. The molecule has 0 N–H and O–H groups in total. The van der Waals surface area contributed by atoms with Gasteiger partial charge in [-0.15, -0.1) is 6.58 Å². The molecule has 0 atom stereocenters. The number of hydrogen-bond donors (Lipinski definition) is 0. The van der Waals surface area contributed by atoms with Crippen molar-refractivity contribution < 1.29 is 0 Å². The summed E-state index contributed by atoms with van der Waals surface area (Å²) in [6, 6.07) is 9.09. The van der Waals surface area contributed by atoms with Gasteiger partial charge in [0.25, 0.3) is 0 Å². The molecule has 0 spiro atoms. The molecule has 0 heterocycles. The van der Waals surface area contributed by atoms with E-state index in [1.807, 2.05) is 12.1 Å². The SMILES string of the molecule is C=CCC(C#N)(C#N)Cc1ccc(Cl)cc1Cl. The Labute approximate surface area is 111 Å². The number of halogens is 2. The minimum Gasteiger partial charge on any atom is -0.197 e. The van der Waals surface area contributed by atoms with Crippen LogP contribution in [0.1, 0.15) is 12.0 Å². The molecule has 0 radical (unpaired) electrons. The second kappa shape index (κ2) is 5.73. The molecule has 4 heteroatoms. The maximum absolute atomic E-state index is 9.13. The Morgan fingerprint density at radius 1 is 1.29 bits per heavy atom. The van der Waals surface area contributed by atoms with E-state index in [1.165, 1.54) is 0 Å². The van der Waals surface area contributed by atoms with Crippen LogP contribution in [0.5, 0.6) is 0 Å². The molecule has 0 aromatic heterocycles. The third-order valence-corrected chi connectivity index (χ3v) is 3.02. The van der Waals surface area contributed by atoms with E-state index in [1.54, 1.807) is 24.3 Å². The summed E-state index contributed by atoms with van der Waals surface area (Å²) in [4.78, 5) is 0. The van der Waals surface area contributed by atoms with Crippen LogP contribution in [-0.4, -0.2) is 0 Å². The molecule has 0 aliphatic heterocycles. The van der Waals surface area contributed by atoms with Gasteiger partial charge in [0, 0.05) is 16.5 Å². The summed E-state index contributed by atoms with van der Waals surface area (Å²) in [5, 5.41) is 19.2. The third kappa shape index (κ3) is 3.24. The highest BCUT2D eigenvalue weighted by Gasteiger charge is 2.29. The normalized spacial score (nSPS) is 10.4. The van der Waals surface area contributed by atoms with Crippen molar-refractivity contribution in [2.75, 3.05) is 0 Å². The molecule has 0 bridgehead atoms. The number of hydrogen-bond acceptors (Lipinski definition) is 2. The Morgan fingerprint density at radius 3 is 2.41 bits per heavy atom. The van der Waals surface area contributed by atoms with Crippen LogP contribution in [0.3, 0.4) is 0 Å². The lowest BCUT2D eigenvalue weighted by atomic mass is 9.81. The van der Waals surface area contributed by atoms with E-state index < -0.39 is 5.41 Å². The second-order valence-corrected chi connectivity index (χ2v) is 4.55. The van der Waals surface area contributed by atoms with E-state index in [0.717, 1.165) is 5.56 Å². The summed E-state index contributed by atoms with van der Waals surface area (Å²) in [5.41, 5.74) is -0.375. The van der Waals surface area contributed by atoms with E-state index >= 15 is 0 Å². The molecule has 1 rings (SSSR count). The predicted molar refractivity (Wildman–Crippen MR) is 68.6 cm³/mol. The van der Waals surface area contributed by atoms with Crippen LogP contribution in [0.25, 0.3) is 0 Å². The number of nitrogens with zero attached hydrogens (tertiary/aromatic N) is 2. The van der Waals surface area contributed by atoms with E-state index in [2.05, 4.69) is 6.58 Å². The molecule has 17 heavy (non-hydrogen) atoms. The number of allylic oxidation sites excluding steroid dienone is 1. The lowest BCUT2D eigenvalue weighted by Crippen LogP contribution is -2.18. The maximum atomic E-state index is 9.13. The van der Waals surface area contributed by atoms with Crippen LogP contribution in [0.2, 0.25) is 10.0 Å². The summed E-state index contributed by atoms with van der Waals surface area (Å²) < 4.78 is 0. The van der Waals surface area contributed by atoms with Crippen LogP contribution < -0.4 is 0 Å². The monoisotopic (exact) mass is 264 g/mol. The topological polar surface area (TPSA) is 47.6 Å². The first-order valence-corrected chi connectivity index (χ1v) is 5.70. The average Bonchev–Trinajstić information content (AvgIpc) is 2.32. The van der Waals surface area contributed by atoms with E-state index in [-0.39, 0.29) is 6.42 Å². The quantitative estimate of drug-likeness (QED) is 0.768. The maximum Gasteiger partial charge on any atom is 0.151 e. The van der Waals surface area contributed by atoms with Crippen LogP contribution in [0.15, 0.2) is 30.9 Å². The number of benzene rings is 1. The van der Waals surface area contributed by atoms with Gasteiger partial charge in [-0.2, -0.15) is 10.5 Å². The van der Waals surface area contributed by atoms with E-state index in [9.17, 15) is 0 Å². The van der Waals surface area contributed by atoms with Crippen molar-refractivity contribution >= 4 is 23.2 Å². The van der Waals surface area contributed by atoms with Gasteiger partial charge in [-0.25, -0.2) is 0 Å². The van der Waals surface area contributed by atoms with Crippen LogP contribution in [-0.2, 0) is 6.42 Å². The van der Waals surface area contributed by atoms with Crippen molar-refractivity contribution in [1.82, 2.24) is 0 Å². The Bertz CT molecular complexity index is 495. The van der Waals surface area contributed by atoms with Gasteiger partial charge in [-0.05, 0) is 24.1 Å². The lowest BCUT2D eigenvalue weighted by molar-refractivity contribution is 0.527. The van der Waals surface area contributed by atoms with Gasteiger partial charge >= 0.3 is 0 Å². The molecule has 0 saturated heterocycles. The van der Waals surface area contributed by atoms with Gasteiger partial charge in [0.1, 0.15) is 0 Å². The average molecular weight is 265 g/mol. The van der Waals surface area contributed by atoms with Crippen LogP contribution in [0, 0.1) is 28.1 Å². The van der Waals surface area contributed by atoms with Crippen molar-refractivity contribution in [2.45, 2.75) is 12.8 Å². The summed E-state index contributed by atoms with van der Waals surface area (Å²) >= 11 is 11.8. The molecule has 1 aromatic rings. The molecule has 0 saturated carbocycles. The fourth-order valence-corrected chi connectivity index (χ4v) is 1.98. The molecule has 1 aromatic carbocycles. The van der Waals surface area contributed by atoms with Crippen molar-refractivity contribution in [3.05, 3.63) is 46.5 Å². The molecule has 0 aliphatic carbocycles. The Balaban J connectivity index is 3.07. The minimum atomic E-state index is -1.11. The van der Waals surface area contributed by atoms with Gasteiger partial charge in [-0.3, -0.25) is 0 Å². The van der Waals surface area contributed by atoms with E-state index in [0.29, 0.717) is 16.5 Å². The Kier molecular flexibility index (Phi) is 4.58. The highest BCUT2D eigenvalue weighted by atomic mass is 35.5. The number of nitriles is 2. The van der Waals surface area contributed by atoms with Gasteiger partial charge < -0.3 is 0 Å². The zero-order valence-corrected chi connectivity index (χ0v) is 10.6. The zero-order chi connectivity index (χ0) is 12.9. The first kappa shape index (κ1) is 13.6. The largest absolute Gasteiger partial charge is 0.197 e. The molecular formula is C13H10Cl2N2. The highest BCUT2D eigenvalue weighted by Crippen LogP contribution is 2.30. The summed E-state index contributed by atoms with van der Waals surface area (Å²) in [6.07, 6.45) is 2.14. The summed E-state index contributed by atoms with van der Waals surface area (Å²) in [6.45, 7) is 3.56. The molecular weight excluding hydrogens is 255 g/mol. The van der Waals surface area contributed by atoms with Gasteiger partial charge in [0.2, 0.25) is 0 Å². The molecule has 0 amide bonds. The first-order chi connectivity index (χ1) is 8.06. The first-order valence-electron chi connectivity index (χ1n) is 4.94. The summed E-state index contributed by atoms with van der Waals surface area (Å²) in [5.74, 6) is 0. The van der Waals surface area contributed by atoms with Crippen LogP contribution >= 0.6 is 23.2 Å². The molecule has 86 valence electrons. The standard InChI is InChI=1S/C13H10Cl2N2/c1-2-5-13(8-16,9-17)7-10-3-4-11(14)6-12(10)15/h2-4,6H,1,5,7H2. The Hall–Kier alpha value is -1.48. The Morgan fingerprint density at radius 2 is 1.94 bits per heavy atom. The zero-order valence-electron chi connectivity index (χ0n) is 9.08. The molecule has 2 nitrogen and oxygen atoms in total. The molecule has 0 fully saturated rings. The highest BCUT2D eigenvalue weighted by molar-refractivity contribution is 6.35. The third-order valence-electron chi connectivity index (χ3n) is 2.43. The van der Waals surface area contributed by atoms with Gasteiger partial charge in [0.15, 0.2) is 5.41 Å². The lowest BCUT2D eigenvalue weighted by Gasteiger charge is -2.17. The number of rotatable bonds is 4. The minimum absolute atomic E-state index is 0.266. The second-order valence-electron chi connectivity index (χ2n) is 3.71. The van der Waals surface area contributed by atoms with Crippen molar-refractivity contribution in [3.8, 4) is 12.1 Å². The predicted octanol–water partition coefficient (Wildman–Crippen LogP) is 4.15.